The van der Waals surface area contributed by atoms with E-state index >= 15 is 0 Å². The molecular formula is C24H26FN3O8. The number of amides is 2. The zero-order chi connectivity index (χ0) is 26.8. The number of nitro groups is 1. The zero-order valence-corrected chi connectivity index (χ0v) is 19.9. The molecule has 0 fully saturated rings. The predicted octanol–water partition coefficient (Wildman–Crippen LogP) is 1.79. The Morgan fingerprint density at radius 2 is 1.69 bits per heavy atom. The maximum absolute atomic E-state index is 13.6. The first kappa shape index (κ1) is 27.9. The summed E-state index contributed by atoms with van der Waals surface area (Å²) in [6, 6.07) is 7.94. The highest BCUT2D eigenvalue weighted by atomic mass is 19.1. The summed E-state index contributed by atoms with van der Waals surface area (Å²) >= 11 is 0. The van der Waals surface area contributed by atoms with E-state index in [-0.39, 0.29) is 18.5 Å². The summed E-state index contributed by atoms with van der Waals surface area (Å²) in [7, 11) is 2.23. The second-order valence-electron chi connectivity index (χ2n) is 7.83. The van der Waals surface area contributed by atoms with E-state index in [2.05, 4.69) is 10.6 Å². The van der Waals surface area contributed by atoms with Crippen LogP contribution in [-0.4, -0.2) is 55.0 Å². The number of carbonyl (C=O) groups excluding carboxylic acids is 4. The van der Waals surface area contributed by atoms with Crippen LogP contribution in [0.3, 0.4) is 0 Å². The molecule has 192 valence electrons. The summed E-state index contributed by atoms with van der Waals surface area (Å²) in [5.74, 6) is -4.49. The molecule has 0 saturated carbocycles. The number of halogens is 1. The van der Waals surface area contributed by atoms with Crippen LogP contribution in [0.2, 0.25) is 0 Å². The van der Waals surface area contributed by atoms with Crippen molar-refractivity contribution >= 4 is 29.4 Å². The number of methoxy groups -OCH3 is 2. The van der Waals surface area contributed by atoms with Crippen LogP contribution in [0, 0.1) is 15.9 Å². The van der Waals surface area contributed by atoms with Gasteiger partial charge in [0.25, 0.3) is 5.69 Å². The summed E-state index contributed by atoms with van der Waals surface area (Å²) in [4.78, 5) is 60.2. The van der Waals surface area contributed by atoms with Crippen LogP contribution in [0.25, 0.3) is 0 Å². The average Bonchev–Trinajstić information content (AvgIpc) is 2.84. The molecule has 0 aromatic heterocycles. The van der Waals surface area contributed by atoms with Crippen molar-refractivity contribution < 1.29 is 38.0 Å². The lowest BCUT2D eigenvalue weighted by molar-refractivity contribution is -0.384. The largest absolute Gasteiger partial charge is 0.469 e. The van der Waals surface area contributed by atoms with Crippen molar-refractivity contribution in [3.63, 3.8) is 0 Å². The number of rotatable bonds is 11. The Labute approximate surface area is 206 Å². The van der Waals surface area contributed by atoms with Gasteiger partial charge in [-0.2, -0.15) is 0 Å². The Morgan fingerprint density at radius 1 is 1.03 bits per heavy atom. The van der Waals surface area contributed by atoms with Crippen molar-refractivity contribution in [2.45, 2.75) is 37.8 Å². The van der Waals surface area contributed by atoms with Gasteiger partial charge in [-0.15, -0.1) is 0 Å². The number of benzene rings is 2. The van der Waals surface area contributed by atoms with Crippen LogP contribution in [0.1, 0.15) is 30.4 Å². The lowest BCUT2D eigenvalue weighted by Gasteiger charge is -2.28. The first-order valence-corrected chi connectivity index (χ1v) is 10.8. The molecule has 2 aromatic carbocycles. The minimum atomic E-state index is -1.42. The summed E-state index contributed by atoms with van der Waals surface area (Å²) < 4.78 is 23.2. The number of esters is 2. The Bertz CT molecular complexity index is 1120. The fourth-order valence-electron chi connectivity index (χ4n) is 3.59. The van der Waals surface area contributed by atoms with Gasteiger partial charge in [-0.3, -0.25) is 24.5 Å². The Hall–Kier alpha value is -4.35. The minimum absolute atomic E-state index is 0.0870. The Morgan fingerprint density at radius 3 is 2.22 bits per heavy atom. The van der Waals surface area contributed by atoms with Crippen molar-refractivity contribution in [2.24, 2.45) is 0 Å². The summed E-state index contributed by atoms with van der Waals surface area (Å²) in [5, 5.41) is 16.0. The number of carbonyl (C=O) groups is 4. The zero-order valence-electron chi connectivity index (χ0n) is 19.9. The Kier molecular flexibility index (Phi) is 10.0. The molecular weight excluding hydrogens is 477 g/mol. The number of ether oxygens (including phenoxy) is 2. The van der Waals surface area contributed by atoms with Gasteiger partial charge in [0.05, 0.1) is 25.6 Å². The maximum atomic E-state index is 13.6. The van der Waals surface area contributed by atoms with Gasteiger partial charge in [-0.1, -0.05) is 24.3 Å². The molecule has 0 bridgehead atoms. The molecule has 11 nitrogen and oxygen atoms in total. The highest BCUT2D eigenvalue weighted by molar-refractivity contribution is 5.91. The quantitative estimate of drug-likeness (QED) is 0.267. The molecule has 36 heavy (non-hydrogen) atoms. The van der Waals surface area contributed by atoms with Crippen molar-refractivity contribution in [2.75, 3.05) is 14.2 Å². The van der Waals surface area contributed by atoms with E-state index in [0.29, 0.717) is 11.1 Å². The normalized spacial score (nSPS) is 13.0. The van der Waals surface area contributed by atoms with E-state index in [4.69, 9.17) is 9.47 Å². The minimum Gasteiger partial charge on any atom is -0.469 e. The number of non-ortho nitro benzene ring substituents is 1. The number of hydrogen-bond acceptors (Lipinski definition) is 8. The molecule has 2 aromatic rings. The van der Waals surface area contributed by atoms with Crippen molar-refractivity contribution in [1.29, 1.82) is 0 Å². The van der Waals surface area contributed by atoms with Crippen molar-refractivity contribution in [3.05, 3.63) is 75.6 Å². The SMILES string of the molecule is COC(=O)C[C@H](c1ccc([N+](=O)[O-])cc1)[C@H](NC(=O)[C@@H](Cc1cccc(F)c1)NC(C)=O)C(=O)OC. The van der Waals surface area contributed by atoms with E-state index < -0.39 is 52.5 Å². The predicted molar refractivity (Wildman–Crippen MR) is 124 cm³/mol. The lowest BCUT2D eigenvalue weighted by Crippen LogP contribution is -2.54. The van der Waals surface area contributed by atoms with Crippen molar-refractivity contribution in [1.82, 2.24) is 10.6 Å². The first-order chi connectivity index (χ1) is 17.0. The van der Waals surface area contributed by atoms with E-state index in [1.807, 2.05) is 0 Å². The van der Waals surface area contributed by atoms with E-state index in [0.717, 1.165) is 14.2 Å². The summed E-state index contributed by atoms with van der Waals surface area (Å²) in [5.41, 5.74) is 0.526. The van der Waals surface area contributed by atoms with Crippen LogP contribution < -0.4 is 10.6 Å². The van der Waals surface area contributed by atoms with E-state index in [1.165, 1.54) is 49.4 Å². The Balaban J connectivity index is 2.42. The third-order valence-corrected chi connectivity index (χ3v) is 5.32. The molecule has 0 spiro atoms. The standard InChI is InChI=1S/C24H26FN3O8/c1-14(29)26-20(12-15-5-4-6-17(25)11-15)23(31)27-22(24(32)36-3)19(13-21(30)35-2)16-7-9-18(10-8-16)28(33)34/h4-11,19-20,22H,12-13H2,1-3H3,(H,26,29)(H,27,31)/t19-,20-,22+/m1/s1. The van der Waals surface area contributed by atoms with Gasteiger partial charge in [-0.25, -0.2) is 9.18 Å². The fourth-order valence-corrected chi connectivity index (χ4v) is 3.59. The van der Waals surface area contributed by atoms with Gasteiger partial charge in [0, 0.05) is 31.4 Å². The number of hydrogen-bond donors (Lipinski definition) is 2. The monoisotopic (exact) mass is 503 g/mol. The number of nitro benzene ring substituents is 1. The molecule has 0 radical (unpaired) electrons. The summed E-state index contributed by atoms with van der Waals surface area (Å²) in [6.45, 7) is 1.20. The molecule has 0 aliphatic rings. The molecule has 0 unspecified atom stereocenters. The second kappa shape index (κ2) is 12.9. The van der Waals surface area contributed by atoms with Crippen molar-refractivity contribution in [3.8, 4) is 0 Å². The van der Waals surface area contributed by atoms with E-state index in [1.54, 1.807) is 6.07 Å². The van der Waals surface area contributed by atoms with Gasteiger partial charge in [0.15, 0.2) is 0 Å². The molecule has 2 N–H and O–H groups in total. The fraction of sp³-hybridized carbons (Fsp3) is 0.333. The number of nitrogens with zero attached hydrogens (tertiary/aromatic N) is 1. The van der Waals surface area contributed by atoms with Crippen LogP contribution in [0.5, 0.6) is 0 Å². The highest BCUT2D eigenvalue weighted by Crippen LogP contribution is 2.27. The van der Waals surface area contributed by atoms with E-state index in [9.17, 15) is 33.7 Å². The first-order valence-electron chi connectivity index (χ1n) is 10.8. The van der Waals surface area contributed by atoms with Crippen LogP contribution in [0.15, 0.2) is 48.5 Å². The number of nitrogens with one attached hydrogen (secondary N) is 2. The topological polar surface area (TPSA) is 154 Å². The molecule has 2 amide bonds. The third kappa shape index (κ3) is 7.86. The van der Waals surface area contributed by atoms with Crippen LogP contribution in [-0.2, 0) is 35.1 Å². The van der Waals surface area contributed by atoms with Gasteiger partial charge >= 0.3 is 11.9 Å². The highest BCUT2D eigenvalue weighted by Gasteiger charge is 2.36. The molecule has 0 saturated heterocycles. The smallest absolute Gasteiger partial charge is 0.329 e. The average molecular weight is 503 g/mol. The van der Waals surface area contributed by atoms with Crippen LogP contribution >= 0.6 is 0 Å². The van der Waals surface area contributed by atoms with Gasteiger partial charge < -0.3 is 20.1 Å². The molecule has 0 heterocycles. The summed E-state index contributed by atoms with van der Waals surface area (Å²) in [6.07, 6.45) is -0.459. The third-order valence-electron chi connectivity index (χ3n) is 5.32. The molecule has 0 aliphatic carbocycles. The van der Waals surface area contributed by atoms with Gasteiger partial charge in [0.1, 0.15) is 17.9 Å². The van der Waals surface area contributed by atoms with Gasteiger partial charge in [0.2, 0.25) is 11.8 Å². The second-order valence-corrected chi connectivity index (χ2v) is 7.83. The van der Waals surface area contributed by atoms with Crippen LogP contribution in [0.4, 0.5) is 10.1 Å². The molecule has 12 heteroatoms. The molecule has 3 atom stereocenters. The van der Waals surface area contributed by atoms with Gasteiger partial charge in [-0.05, 0) is 23.3 Å². The molecule has 0 aliphatic heterocycles. The maximum Gasteiger partial charge on any atom is 0.329 e. The molecule has 2 rings (SSSR count). The lowest BCUT2D eigenvalue weighted by atomic mass is 9.87.